The van der Waals surface area contributed by atoms with Gasteiger partial charge in [0.2, 0.25) is 0 Å². The number of carboxylic acids is 1. The maximum atomic E-state index is 13.7. The lowest BCUT2D eigenvalue weighted by Gasteiger charge is -2.25. The number of anilines is 1. The van der Waals surface area contributed by atoms with E-state index in [0.717, 1.165) is 62.1 Å². The van der Waals surface area contributed by atoms with Crippen molar-refractivity contribution in [2.24, 2.45) is 0 Å². The SMILES string of the molecule is Cc1c(N(Cc2ccc(F)cc2C(F)(F)F)S(=O)(=O)c2ccc(C(=O)O)cc2)sc2ccccc12. The minimum absolute atomic E-state index is 0.147. The molecule has 0 amide bonds. The molecular weight excluding hydrogens is 506 g/mol. The van der Waals surface area contributed by atoms with E-state index >= 15 is 0 Å². The maximum absolute atomic E-state index is 13.7. The number of nitrogens with zero attached hydrogens (tertiary/aromatic N) is 1. The number of benzene rings is 3. The molecule has 0 unspecified atom stereocenters. The van der Waals surface area contributed by atoms with E-state index in [9.17, 15) is 30.8 Å². The second-order valence-corrected chi connectivity index (χ2v) is 10.6. The highest BCUT2D eigenvalue weighted by Gasteiger charge is 2.36. The number of rotatable bonds is 6. The van der Waals surface area contributed by atoms with Crippen LogP contribution in [0.25, 0.3) is 10.1 Å². The van der Waals surface area contributed by atoms with Crippen LogP contribution < -0.4 is 4.31 Å². The van der Waals surface area contributed by atoms with Gasteiger partial charge in [-0.3, -0.25) is 4.31 Å². The molecule has 0 spiro atoms. The summed E-state index contributed by atoms with van der Waals surface area (Å²) < 4.78 is 83.7. The average molecular weight is 524 g/mol. The summed E-state index contributed by atoms with van der Waals surface area (Å²) in [5, 5.41) is 10.1. The minimum Gasteiger partial charge on any atom is -0.478 e. The number of alkyl halides is 3. The predicted octanol–water partition coefficient (Wildman–Crippen LogP) is 6.46. The Morgan fingerprint density at radius 1 is 1.03 bits per heavy atom. The van der Waals surface area contributed by atoms with Gasteiger partial charge in [-0.1, -0.05) is 24.3 Å². The summed E-state index contributed by atoms with van der Waals surface area (Å²) in [6, 6.07) is 13.5. The third-order valence-electron chi connectivity index (χ3n) is 5.43. The maximum Gasteiger partial charge on any atom is 0.416 e. The Morgan fingerprint density at radius 3 is 2.29 bits per heavy atom. The molecule has 0 fully saturated rings. The minimum atomic E-state index is -4.91. The number of sulfonamides is 1. The number of hydrogen-bond donors (Lipinski definition) is 1. The molecule has 0 aliphatic heterocycles. The first-order chi connectivity index (χ1) is 16.4. The second kappa shape index (κ2) is 8.97. The first kappa shape index (κ1) is 24.7. The molecule has 0 aliphatic carbocycles. The van der Waals surface area contributed by atoms with Gasteiger partial charge in [0.05, 0.1) is 22.6 Å². The smallest absolute Gasteiger partial charge is 0.416 e. The Kier molecular flexibility index (Phi) is 6.32. The summed E-state index contributed by atoms with van der Waals surface area (Å²) in [4.78, 5) is 10.9. The summed E-state index contributed by atoms with van der Waals surface area (Å²) in [7, 11) is -4.45. The lowest BCUT2D eigenvalue weighted by atomic mass is 10.1. The van der Waals surface area contributed by atoms with Gasteiger partial charge in [-0.2, -0.15) is 13.2 Å². The Bertz CT molecular complexity index is 1530. The molecule has 0 aliphatic rings. The molecule has 35 heavy (non-hydrogen) atoms. The van der Waals surface area contributed by atoms with E-state index in [1.807, 2.05) is 0 Å². The van der Waals surface area contributed by atoms with E-state index in [4.69, 9.17) is 5.11 Å². The van der Waals surface area contributed by atoms with Crippen molar-refractivity contribution >= 4 is 42.4 Å². The molecule has 4 aromatic rings. The molecule has 11 heteroatoms. The standard InChI is InChI=1S/C24H17F4NO4S2/c1-14-19-4-2-3-5-21(19)34-22(14)29(13-16-6-9-17(25)12-20(16)24(26,27)28)35(32,33)18-10-7-15(8-11-18)23(30)31/h2-12H,13H2,1H3,(H,30,31). The van der Waals surface area contributed by atoms with E-state index < -0.39 is 45.7 Å². The van der Waals surface area contributed by atoms with Crippen molar-refractivity contribution in [2.45, 2.75) is 24.5 Å². The molecule has 4 rings (SSSR count). The third-order valence-corrected chi connectivity index (χ3v) is 8.60. The lowest BCUT2D eigenvalue weighted by molar-refractivity contribution is -0.138. The van der Waals surface area contributed by atoms with Crippen molar-refractivity contribution < 1.29 is 35.9 Å². The molecule has 0 saturated heterocycles. The van der Waals surface area contributed by atoms with Crippen LogP contribution in [0.3, 0.4) is 0 Å². The highest BCUT2D eigenvalue weighted by Crippen LogP contribution is 2.42. The van der Waals surface area contributed by atoms with Gasteiger partial charge in [-0.15, -0.1) is 11.3 Å². The van der Waals surface area contributed by atoms with E-state index in [0.29, 0.717) is 11.6 Å². The van der Waals surface area contributed by atoms with Crippen molar-refractivity contribution in [2.75, 3.05) is 4.31 Å². The molecule has 3 aromatic carbocycles. The fourth-order valence-corrected chi connectivity index (χ4v) is 6.59. The number of fused-ring (bicyclic) bond motifs is 1. The molecule has 1 N–H and O–H groups in total. The van der Waals surface area contributed by atoms with E-state index in [-0.39, 0.29) is 15.5 Å². The number of aryl methyl sites for hydroxylation is 1. The largest absolute Gasteiger partial charge is 0.478 e. The molecular formula is C24H17F4NO4S2. The van der Waals surface area contributed by atoms with Gasteiger partial charge in [-0.25, -0.2) is 17.6 Å². The molecule has 1 heterocycles. The summed E-state index contributed by atoms with van der Waals surface area (Å²) >= 11 is 1.09. The Balaban J connectivity index is 1.91. The van der Waals surface area contributed by atoms with Crippen molar-refractivity contribution in [1.82, 2.24) is 0 Å². The van der Waals surface area contributed by atoms with Gasteiger partial charge in [0, 0.05) is 4.70 Å². The normalized spacial score (nSPS) is 12.1. The van der Waals surface area contributed by atoms with Crippen LogP contribution in [0.15, 0.2) is 71.6 Å². The topological polar surface area (TPSA) is 74.7 Å². The molecule has 0 radical (unpaired) electrons. The van der Waals surface area contributed by atoms with Crippen LogP contribution in [0.5, 0.6) is 0 Å². The van der Waals surface area contributed by atoms with Gasteiger partial charge in [0.15, 0.2) is 0 Å². The highest BCUT2D eigenvalue weighted by atomic mass is 32.2. The Hall–Kier alpha value is -3.44. The summed E-state index contributed by atoms with van der Waals surface area (Å²) in [5.41, 5.74) is -1.31. The van der Waals surface area contributed by atoms with Crippen LogP contribution >= 0.6 is 11.3 Å². The zero-order valence-electron chi connectivity index (χ0n) is 18.0. The van der Waals surface area contributed by atoms with Crippen LogP contribution in [0.4, 0.5) is 22.6 Å². The van der Waals surface area contributed by atoms with E-state index in [1.165, 1.54) is 0 Å². The van der Waals surface area contributed by atoms with Gasteiger partial charge in [-0.05, 0) is 65.9 Å². The highest BCUT2D eigenvalue weighted by molar-refractivity contribution is 7.93. The first-order valence-corrected chi connectivity index (χ1v) is 12.3. The number of thiophene rings is 1. The second-order valence-electron chi connectivity index (χ2n) is 7.67. The van der Waals surface area contributed by atoms with Crippen molar-refractivity contribution in [3.63, 3.8) is 0 Å². The predicted molar refractivity (Wildman–Crippen MR) is 125 cm³/mol. The van der Waals surface area contributed by atoms with Gasteiger partial charge < -0.3 is 5.11 Å². The summed E-state index contributed by atoms with van der Waals surface area (Å²) in [6.07, 6.45) is -4.91. The van der Waals surface area contributed by atoms with E-state index in [1.54, 1.807) is 31.2 Å². The molecule has 0 bridgehead atoms. The molecule has 182 valence electrons. The van der Waals surface area contributed by atoms with Crippen LogP contribution in [-0.2, 0) is 22.7 Å². The molecule has 0 atom stereocenters. The fraction of sp³-hybridized carbons (Fsp3) is 0.125. The first-order valence-electron chi connectivity index (χ1n) is 10.1. The zero-order valence-corrected chi connectivity index (χ0v) is 19.6. The molecule has 5 nitrogen and oxygen atoms in total. The van der Waals surface area contributed by atoms with Crippen molar-refractivity contribution in [3.8, 4) is 0 Å². The number of carboxylic acid groups (broad SMARTS) is 1. The van der Waals surface area contributed by atoms with Crippen LogP contribution in [0.1, 0.15) is 27.0 Å². The van der Waals surface area contributed by atoms with Crippen molar-refractivity contribution in [3.05, 3.63) is 94.8 Å². The number of halogens is 4. The molecule has 0 saturated carbocycles. The van der Waals surface area contributed by atoms with Gasteiger partial charge in [0.1, 0.15) is 10.8 Å². The molecule has 1 aromatic heterocycles. The van der Waals surface area contributed by atoms with Crippen LogP contribution in [0, 0.1) is 12.7 Å². The summed E-state index contributed by atoms with van der Waals surface area (Å²) in [5.74, 6) is -2.36. The Labute approximate surface area is 201 Å². The quantitative estimate of drug-likeness (QED) is 0.294. The van der Waals surface area contributed by atoms with Crippen LogP contribution in [-0.4, -0.2) is 19.5 Å². The van der Waals surface area contributed by atoms with E-state index in [2.05, 4.69) is 0 Å². The van der Waals surface area contributed by atoms with Gasteiger partial charge >= 0.3 is 12.1 Å². The lowest BCUT2D eigenvalue weighted by Crippen LogP contribution is -2.31. The fourth-order valence-electron chi connectivity index (χ4n) is 3.67. The van der Waals surface area contributed by atoms with Gasteiger partial charge in [0.25, 0.3) is 10.0 Å². The third kappa shape index (κ3) is 4.73. The number of hydrogen-bond acceptors (Lipinski definition) is 4. The number of carbonyl (C=O) groups is 1. The monoisotopic (exact) mass is 523 g/mol. The van der Waals surface area contributed by atoms with Crippen LogP contribution in [0.2, 0.25) is 0 Å². The summed E-state index contributed by atoms with van der Waals surface area (Å²) in [6.45, 7) is 0.950. The van der Waals surface area contributed by atoms with Crippen molar-refractivity contribution in [1.29, 1.82) is 0 Å². The average Bonchev–Trinajstić information content (AvgIpc) is 3.13. The zero-order chi connectivity index (χ0) is 25.5. The Morgan fingerprint density at radius 2 is 1.69 bits per heavy atom. The number of aromatic carboxylic acids is 1.